The Morgan fingerprint density at radius 3 is 2.52 bits per heavy atom. The van der Waals surface area contributed by atoms with Crippen molar-refractivity contribution in [2.24, 2.45) is 0 Å². The zero-order valence-corrected chi connectivity index (χ0v) is 15.3. The molecule has 2 aromatic carbocycles. The monoisotopic (exact) mass is 387 g/mol. The van der Waals surface area contributed by atoms with Crippen LogP contribution in [0.4, 0.5) is 5.69 Å². The van der Waals surface area contributed by atoms with E-state index in [9.17, 15) is 20.0 Å². The number of nitrogens with zero attached hydrogens (tertiary/aromatic N) is 1. The molecule has 140 valence electrons. The maximum Gasteiger partial charge on any atom is 0.342 e. The quantitative estimate of drug-likeness (QED) is 0.224. The van der Waals surface area contributed by atoms with Crippen LogP contribution < -0.4 is 9.47 Å². The third kappa shape index (κ3) is 5.61. The van der Waals surface area contributed by atoms with Crippen molar-refractivity contribution in [1.29, 1.82) is 0 Å². The third-order valence-corrected chi connectivity index (χ3v) is 4.35. The first kappa shape index (κ1) is 20.1. The SMILES string of the molecule is C=CCOc1ccc(/C=C(/Sc2ccc([N+](=O)[O-])cc2)C(=O)O)cc1OC. The smallest absolute Gasteiger partial charge is 0.342 e. The highest BCUT2D eigenvalue weighted by Gasteiger charge is 2.13. The predicted molar refractivity (Wildman–Crippen MR) is 103 cm³/mol. The molecule has 7 nitrogen and oxygen atoms in total. The summed E-state index contributed by atoms with van der Waals surface area (Å²) in [5, 5.41) is 20.2. The van der Waals surface area contributed by atoms with Crippen molar-refractivity contribution < 1.29 is 24.3 Å². The van der Waals surface area contributed by atoms with Gasteiger partial charge in [0.15, 0.2) is 11.5 Å². The van der Waals surface area contributed by atoms with Crippen molar-refractivity contribution in [3.05, 3.63) is 75.7 Å². The second kappa shape index (κ2) is 9.44. The average Bonchev–Trinajstić information content (AvgIpc) is 2.66. The van der Waals surface area contributed by atoms with Gasteiger partial charge in [0, 0.05) is 17.0 Å². The molecule has 0 heterocycles. The van der Waals surface area contributed by atoms with Crippen molar-refractivity contribution in [3.63, 3.8) is 0 Å². The number of thioether (sulfide) groups is 1. The van der Waals surface area contributed by atoms with Crippen molar-refractivity contribution in [3.8, 4) is 11.5 Å². The molecule has 27 heavy (non-hydrogen) atoms. The third-order valence-electron chi connectivity index (χ3n) is 3.33. The van der Waals surface area contributed by atoms with E-state index in [0.717, 1.165) is 11.8 Å². The highest BCUT2D eigenvalue weighted by atomic mass is 32.2. The fraction of sp³-hybridized carbons (Fsp3) is 0.105. The average molecular weight is 387 g/mol. The Balaban J connectivity index is 2.27. The number of nitro groups is 1. The fourth-order valence-electron chi connectivity index (χ4n) is 2.09. The van der Waals surface area contributed by atoms with E-state index in [1.807, 2.05) is 0 Å². The summed E-state index contributed by atoms with van der Waals surface area (Å²) in [7, 11) is 1.49. The summed E-state index contributed by atoms with van der Waals surface area (Å²) in [6, 6.07) is 10.7. The van der Waals surface area contributed by atoms with Crippen LogP contribution in [0.2, 0.25) is 0 Å². The number of carboxylic acid groups (broad SMARTS) is 1. The molecule has 0 bridgehead atoms. The molecule has 0 fully saturated rings. The Hall–Kier alpha value is -3.26. The van der Waals surface area contributed by atoms with Gasteiger partial charge in [-0.05, 0) is 35.9 Å². The highest BCUT2D eigenvalue weighted by molar-refractivity contribution is 8.04. The second-order valence-electron chi connectivity index (χ2n) is 5.18. The summed E-state index contributed by atoms with van der Waals surface area (Å²) < 4.78 is 10.7. The number of hydrogen-bond donors (Lipinski definition) is 1. The van der Waals surface area contributed by atoms with E-state index in [4.69, 9.17) is 9.47 Å². The second-order valence-corrected chi connectivity index (χ2v) is 6.29. The molecule has 0 aliphatic heterocycles. The normalized spacial score (nSPS) is 10.9. The lowest BCUT2D eigenvalue weighted by Gasteiger charge is -2.10. The van der Waals surface area contributed by atoms with E-state index in [-0.39, 0.29) is 10.6 Å². The largest absolute Gasteiger partial charge is 0.493 e. The van der Waals surface area contributed by atoms with Gasteiger partial charge in [-0.2, -0.15) is 0 Å². The van der Waals surface area contributed by atoms with Gasteiger partial charge in [-0.3, -0.25) is 10.1 Å². The zero-order valence-electron chi connectivity index (χ0n) is 14.5. The summed E-state index contributed by atoms with van der Waals surface area (Å²) in [4.78, 5) is 22.4. The van der Waals surface area contributed by atoms with Crippen LogP contribution in [0.3, 0.4) is 0 Å². The van der Waals surface area contributed by atoms with Crippen LogP contribution in [0.1, 0.15) is 5.56 Å². The maximum absolute atomic E-state index is 11.6. The lowest BCUT2D eigenvalue weighted by Crippen LogP contribution is -1.98. The van der Waals surface area contributed by atoms with Crippen LogP contribution in [0.25, 0.3) is 6.08 Å². The van der Waals surface area contributed by atoms with E-state index >= 15 is 0 Å². The van der Waals surface area contributed by atoms with Gasteiger partial charge in [-0.1, -0.05) is 30.5 Å². The van der Waals surface area contributed by atoms with Gasteiger partial charge in [-0.15, -0.1) is 0 Å². The first-order chi connectivity index (χ1) is 12.9. The van der Waals surface area contributed by atoms with E-state index in [0.29, 0.717) is 28.6 Å². The van der Waals surface area contributed by atoms with E-state index in [1.165, 1.54) is 37.5 Å². The molecule has 2 aromatic rings. The molecule has 0 spiro atoms. The number of methoxy groups -OCH3 is 1. The molecule has 2 rings (SSSR count). The molecule has 0 saturated carbocycles. The summed E-state index contributed by atoms with van der Waals surface area (Å²) in [5.41, 5.74) is 0.560. The zero-order chi connectivity index (χ0) is 19.8. The van der Waals surface area contributed by atoms with E-state index in [1.54, 1.807) is 24.3 Å². The Labute approximate surface area is 160 Å². The van der Waals surface area contributed by atoms with Crippen LogP contribution in [-0.2, 0) is 4.79 Å². The minimum atomic E-state index is -1.11. The number of rotatable bonds is 9. The number of aliphatic carboxylic acids is 1. The topological polar surface area (TPSA) is 98.9 Å². The standard InChI is InChI=1S/C19H17NO6S/c1-3-10-26-16-9-4-13(11-17(16)25-2)12-18(19(21)22)27-15-7-5-14(6-8-15)20(23)24/h3-9,11-12H,1,10H2,2H3,(H,21,22)/b18-12+. The molecule has 0 amide bonds. The summed E-state index contributed by atoms with van der Waals surface area (Å²) in [6.07, 6.45) is 3.10. The van der Waals surface area contributed by atoms with Crippen LogP contribution in [0.15, 0.2) is 64.9 Å². The molecule has 1 N–H and O–H groups in total. The number of hydrogen-bond acceptors (Lipinski definition) is 6. The lowest BCUT2D eigenvalue weighted by molar-refractivity contribution is -0.384. The minimum Gasteiger partial charge on any atom is -0.493 e. The molecule has 0 aliphatic rings. The van der Waals surface area contributed by atoms with Gasteiger partial charge in [0.05, 0.1) is 16.9 Å². The minimum absolute atomic E-state index is 0.0555. The molecule has 0 unspecified atom stereocenters. The van der Waals surface area contributed by atoms with Gasteiger partial charge in [0.25, 0.3) is 5.69 Å². The number of ether oxygens (including phenoxy) is 2. The van der Waals surface area contributed by atoms with Crippen LogP contribution in [-0.4, -0.2) is 29.7 Å². The number of nitro benzene ring substituents is 1. The van der Waals surface area contributed by atoms with Gasteiger partial charge in [0.2, 0.25) is 0 Å². The van der Waals surface area contributed by atoms with E-state index < -0.39 is 10.9 Å². The van der Waals surface area contributed by atoms with Crippen molar-refractivity contribution in [2.45, 2.75) is 4.90 Å². The molecule has 0 aliphatic carbocycles. The van der Waals surface area contributed by atoms with Crippen LogP contribution in [0, 0.1) is 10.1 Å². The van der Waals surface area contributed by atoms with Crippen LogP contribution in [0.5, 0.6) is 11.5 Å². The fourth-order valence-corrected chi connectivity index (χ4v) is 2.90. The first-order valence-corrected chi connectivity index (χ1v) is 8.55. The number of benzene rings is 2. The molecule has 8 heteroatoms. The Morgan fingerprint density at radius 1 is 1.26 bits per heavy atom. The van der Waals surface area contributed by atoms with Gasteiger partial charge >= 0.3 is 5.97 Å². The van der Waals surface area contributed by atoms with E-state index in [2.05, 4.69) is 6.58 Å². The van der Waals surface area contributed by atoms with Crippen LogP contribution >= 0.6 is 11.8 Å². The molecule has 0 atom stereocenters. The summed E-state index contributed by atoms with van der Waals surface area (Å²) in [5.74, 6) is -0.116. The highest BCUT2D eigenvalue weighted by Crippen LogP contribution is 2.33. The number of carboxylic acids is 1. The van der Waals surface area contributed by atoms with Gasteiger partial charge < -0.3 is 14.6 Å². The molecule has 0 aromatic heterocycles. The van der Waals surface area contributed by atoms with Crippen molar-refractivity contribution in [2.75, 3.05) is 13.7 Å². The maximum atomic E-state index is 11.6. The van der Waals surface area contributed by atoms with Crippen molar-refractivity contribution >= 4 is 29.5 Å². The predicted octanol–water partition coefficient (Wildman–Crippen LogP) is 4.39. The Bertz CT molecular complexity index is 876. The number of carbonyl (C=O) groups is 1. The summed E-state index contributed by atoms with van der Waals surface area (Å²) >= 11 is 0.997. The first-order valence-electron chi connectivity index (χ1n) is 7.73. The molecular weight excluding hydrogens is 370 g/mol. The number of non-ortho nitro benzene ring substituents is 1. The Kier molecular flexibility index (Phi) is 7.01. The van der Waals surface area contributed by atoms with Crippen molar-refractivity contribution in [1.82, 2.24) is 0 Å². The molecule has 0 saturated heterocycles. The lowest BCUT2D eigenvalue weighted by atomic mass is 10.2. The summed E-state index contributed by atoms with van der Waals surface area (Å²) in [6.45, 7) is 3.90. The molecule has 0 radical (unpaired) electrons. The van der Waals surface area contributed by atoms with Gasteiger partial charge in [-0.25, -0.2) is 4.79 Å². The van der Waals surface area contributed by atoms with Gasteiger partial charge in [0.1, 0.15) is 6.61 Å². The Morgan fingerprint density at radius 2 is 1.96 bits per heavy atom. The molecular formula is C19H17NO6S.